The predicted octanol–water partition coefficient (Wildman–Crippen LogP) is 1.30. The lowest BCUT2D eigenvalue weighted by atomic mass is 10.2. The standard InChI is InChI=1S/C11H20N2O3S/c1-11(2,3)16-10(14)13-6-7(15-4)5-8(13)9(12)17/h7-8H,5-6H2,1-4H3,(H2,12,17)/t7-,8-/m0/s1. The van der Waals surface area contributed by atoms with Crippen LogP contribution in [0.2, 0.25) is 0 Å². The zero-order chi connectivity index (χ0) is 13.2. The first-order chi connectivity index (χ1) is 7.74. The van der Waals surface area contributed by atoms with Crippen LogP contribution < -0.4 is 5.73 Å². The molecule has 0 aromatic heterocycles. The largest absolute Gasteiger partial charge is 0.444 e. The zero-order valence-corrected chi connectivity index (χ0v) is 11.5. The van der Waals surface area contributed by atoms with Gasteiger partial charge in [0.2, 0.25) is 0 Å². The second kappa shape index (κ2) is 5.18. The molecule has 5 nitrogen and oxygen atoms in total. The minimum atomic E-state index is -0.525. The van der Waals surface area contributed by atoms with Crippen LogP contribution in [-0.4, -0.2) is 47.4 Å². The van der Waals surface area contributed by atoms with Gasteiger partial charge in [0.15, 0.2) is 0 Å². The maximum absolute atomic E-state index is 12.0. The Kier molecular flexibility index (Phi) is 4.32. The molecule has 1 heterocycles. The molecule has 0 bridgehead atoms. The van der Waals surface area contributed by atoms with Crippen molar-refractivity contribution >= 4 is 23.3 Å². The molecular formula is C11H20N2O3S. The molecule has 1 aliphatic heterocycles. The first kappa shape index (κ1) is 14.2. The van der Waals surface area contributed by atoms with E-state index in [1.54, 1.807) is 12.0 Å². The van der Waals surface area contributed by atoms with Gasteiger partial charge in [0.1, 0.15) is 5.60 Å². The van der Waals surface area contributed by atoms with Crippen molar-refractivity contribution in [3.63, 3.8) is 0 Å². The molecule has 0 saturated carbocycles. The average Bonchev–Trinajstić information content (AvgIpc) is 2.58. The van der Waals surface area contributed by atoms with E-state index >= 15 is 0 Å². The lowest BCUT2D eigenvalue weighted by molar-refractivity contribution is 0.0230. The fourth-order valence-corrected chi connectivity index (χ4v) is 1.98. The van der Waals surface area contributed by atoms with Crippen LogP contribution in [0.1, 0.15) is 27.2 Å². The summed E-state index contributed by atoms with van der Waals surface area (Å²) in [5.41, 5.74) is 5.11. The average molecular weight is 260 g/mol. The Balaban J connectivity index is 2.73. The minimum Gasteiger partial charge on any atom is -0.444 e. The van der Waals surface area contributed by atoms with Gasteiger partial charge in [0.05, 0.1) is 23.7 Å². The van der Waals surface area contributed by atoms with Crippen molar-refractivity contribution in [1.29, 1.82) is 0 Å². The van der Waals surface area contributed by atoms with Crippen LogP contribution in [-0.2, 0) is 9.47 Å². The smallest absolute Gasteiger partial charge is 0.410 e. The van der Waals surface area contributed by atoms with E-state index in [1.165, 1.54) is 0 Å². The molecule has 1 amide bonds. The number of nitrogens with two attached hydrogens (primary N) is 1. The first-order valence-corrected chi connectivity index (χ1v) is 5.97. The van der Waals surface area contributed by atoms with E-state index in [0.29, 0.717) is 18.0 Å². The monoisotopic (exact) mass is 260 g/mol. The predicted molar refractivity (Wildman–Crippen MR) is 68.9 cm³/mol. The number of carbonyl (C=O) groups excluding carboxylic acids is 1. The van der Waals surface area contributed by atoms with Crippen LogP contribution in [0.15, 0.2) is 0 Å². The van der Waals surface area contributed by atoms with Crippen molar-refractivity contribution in [2.45, 2.75) is 44.9 Å². The van der Waals surface area contributed by atoms with Gasteiger partial charge in [-0.3, -0.25) is 4.90 Å². The number of hydrogen-bond donors (Lipinski definition) is 1. The highest BCUT2D eigenvalue weighted by molar-refractivity contribution is 7.80. The highest BCUT2D eigenvalue weighted by Gasteiger charge is 2.39. The number of methoxy groups -OCH3 is 1. The van der Waals surface area contributed by atoms with Gasteiger partial charge in [-0.2, -0.15) is 0 Å². The van der Waals surface area contributed by atoms with Crippen molar-refractivity contribution in [3.05, 3.63) is 0 Å². The summed E-state index contributed by atoms with van der Waals surface area (Å²) in [6.45, 7) is 5.94. The van der Waals surface area contributed by atoms with E-state index in [4.69, 9.17) is 27.4 Å². The number of thiocarbonyl (C=S) groups is 1. The second-order valence-electron chi connectivity index (χ2n) is 5.14. The van der Waals surface area contributed by atoms with E-state index in [2.05, 4.69) is 0 Å². The molecule has 1 rings (SSSR count). The highest BCUT2D eigenvalue weighted by atomic mass is 32.1. The van der Waals surface area contributed by atoms with E-state index in [-0.39, 0.29) is 12.1 Å². The molecule has 1 fully saturated rings. The van der Waals surface area contributed by atoms with Crippen LogP contribution >= 0.6 is 12.2 Å². The molecule has 98 valence electrons. The summed E-state index contributed by atoms with van der Waals surface area (Å²) in [5.74, 6) is 0. The molecule has 0 aromatic rings. The van der Waals surface area contributed by atoms with Crippen molar-refractivity contribution in [3.8, 4) is 0 Å². The Morgan fingerprint density at radius 1 is 1.47 bits per heavy atom. The van der Waals surface area contributed by atoms with Crippen LogP contribution in [0.5, 0.6) is 0 Å². The molecule has 1 saturated heterocycles. The molecule has 0 aromatic carbocycles. The van der Waals surface area contributed by atoms with Crippen LogP contribution in [0.4, 0.5) is 4.79 Å². The number of nitrogens with zero attached hydrogens (tertiary/aromatic N) is 1. The van der Waals surface area contributed by atoms with Crippen molar-refractivity contribution in [2.24, 2.45) is 5.73 Å². The van der Waals surface area contributed by atoms with Gasteiger partial charge in [-0.1, -0.05) is 12.2 Å². The molecule has 0 radical (unpaired) electrons. The van der Waals surface area contributed by atoms with Crippen LogP contribution in [0.25, 0.3) is 0 Å². The van der Waals surface area contributed by atoms with Crippen molar-refractivity contribution < 1.29 is 14.3 Å². The van der Waals surface area contributed by atoms with E-state index in [9.17, 15) is 4.79 Å². The number of amides is 1. The van der Waals surface area contributed by atoms with Crippen LogP contribution in [0.3, 0.4) is 0 Å². The Morgan fingerprint density at radius 3 is 2.47 bits per heavy atom. The summed E-state index contributed by atoms with van der Waals surface area (Å²) in [5, 5.41) is 0. The summed E-state index contributed by atoms with van der Waals surface area (Å²) >= 11 is 4.97. The minimum absolute atomic E-state index is 0.0333. The maximum Gasteiger partial charge on any atom is 0.410 e. The van der Waals surface area contributed by atoms with Gasteiger partial charge in [0, 0.05) is 13.5 Å². The van der Waals surface area contributed by atoms with E-state index in [1.807, 2.05) is 20.8 Å². The molecule has 1 aliphatic rings. The lowest BCUT2D eigenvalue weighted by Gasteiger charge is -2.27. The SMILES string of the molecule is CO[C@H]1C[C@@H](C(N)=S)N(C(=O)OC(C)(C)C)C1. The van der Waals surface area contributed by atoms with E-state index in [0.717, 1.165) is 0 Å². The second-order valence-corrected chi connectivity index (χ2v) is 5.62. The summed E-state index contributed by atoms with van der Waals surface area (Å²) in [6, 6.07) is -0.273. The summed E-state index contributed by atoms with van der Waals surface area (Å²) in [6.07, 6.45) is 0.203. The van der Waals surface area contributed by atoms with Gasteiger partial charge in [0.25, 0.3) is 0 Å². The number of carbonyl (C=O) groups is 1. The molecule has 2 N–H and O–H groups in total. The molecule has 0 spiro atoms. The maximum atomic E-state index is 12.0. The Bertz CT molecular complexity index is 314. The third-order valence-electron chi connectivity index (χ3n) is 2.55. The molecule has 0 aliphatic carbocycles. The molecule has 17 heavy (non-hydrogen) atoms. The number of ether oxygens (including phenoxy) is 2. The van der Waals surface area contributed by atoms with Crippen molar-refractivity contribution in [1.82, 2.24) is 4.90 Å². The number of likely N-dealkylation sites (tertiary alicyclic amines) is 1. The number of hydrogen-bond acceptors (Lipinski definition) is 4. The van der Waals surface area contributed by atoms with Gasteiger partial charge in [-0.15, -0.1) is 0 Å². The topological polar surface area (TPSA) is 64.8 Å². The molecule has 2 atom stereocenters. The number of rotatable bonds is 2. The van der Waals surface area contributed by atoms with Gasteiger partial charge in [-0.25, -0.2) is 4.79 Å². The van der Waals surface area contributed by atoms with Gasteiger partial charge < -0.3 is 15.2 Å². The van der Waals surface area contributed by atoms with Gasteiger partial charge in [-0.05, 0) is 20.8 Å². The fourth-order valence-electron chi connectivity index (χ4n) is 1.76. The summed E-state index contributed by atoms with van der Waals surface area (Å²) in [7, 11) is 1.61. The molecular weight excluding hydrogens is 240 g/mol. The van der Waals surface area contributed by atoms with E-state index < -0.39 is 11.7 Å². The Hall–Kier alpha value is -0.880. The zero-order valence-electron chi connectivity index (χ0n) is 10.7. The quantitative estimate of drug-likeness (QED) is 0.758. The molecule has 0 unspecified atom stereocenters. The third-order valence-corrected chi connectivity index (χ3v) is 2.82. The van der Waals surface area contributed by atoms with Crippen LogP contribution in [0, 0.1) is 0 Å². The highest BCUT2D eigenvalue weighted by Crippen LogP contribution is 2.23. The summed E-state index contributed by atoms with van der Waals surface area (Å²) < 4.78 is 10.5. The Labute approximate surface area is 107 Å². The third kappa shape index (κ3) is 3.81. The fraction of sp³-hybridized carbons (Fsp3) is 0.818. The Morgan fingerprint density at radius 2 is 2.06 bits per heavy atom. The van der Waals surface area contributed by atoms with Crippen molar-refractivity contribution in [2.75, 3.05) is 13.7 Å². The van der Waals surface area contributed by atoms with Gasteiger partial charge >= 0.3 is 6.09 Å². The first-order valence-electron chi connectivity index (χ1n) is 5.56. The lowest BCUT2D eigenvalue weighted by Crippen LogP contribution is -2.45. The summed E-state index contributed by atoms with van der Waals surface area (Å²) in [4.78, 5) is 13.8. The normalized spacial score (nSPS) is 24.8. The molecule has 6 heteroatoms.